The number of carbonyl (C=O) groups excluding carboxylic acids is 3. The molecule has 0 radical (unpaired) electrons. The number of hydrogen-bond acceptors (Lipinski definition) is 4. The van der Waals surface area contributed by atoms with Gasteiger partial charge in [-0.1, -0.05) is 0 Å². The van der Waals surface area contributed by atoms with Gasteiger partial charge < -0.3 is 20.4 Å². The average molecular weight is 377 g/mol. The second-order valence-electron chi connectivity index (χ2n) is 6.07. The fourth-order valence-corrected chi connectivity index (χ4v) is 2.51. The van der Waals surface area contributed by atoms with Crippen molar-refractivity contribution in [3.8, 4) is 5.75 Å². The largest absolute Gasteiger partial charge is 0.497 e. The van der Waals surface area contributed by atoms with Gasteiger partial charge in [-0.25, -0.2) is 0 Å². The molecule has 1 aromatic heterocycles. The van der Waals surface area contributed by atoms with Gasteiger partial charge in [0.25, 0.3) is 11.8 Å². The highest BCUT2D eigenvalue weighted by atomic mass is 16.5. The Labute approximate surface area is 161 Å². The van der Waals surface area contributed by atoms with E-state index in [2.05, 4.69) is 15.6 Å². The van der Waals surface area contributed by atoms with Gasteiger partial charge in [0.1, 0.15) is 11.4 Å². The molecule has 0 spiro atoms. The Morgan fingerprint density at radius 3 is 1.93 bits per heavy atom. The number of hydrogen-bond donors (Lipinski definition) is 3. The lowest BCUT2D eigenvalue weighted by molar-refractivity contribution is 0.101. The summed E-state index contributed by atoms with van der Waals surface area (Å²) in [6.45, 7) is 1.43. The minimum atomic E-state index is -0.372. The summed E-state index contributed by atoms with van der Waals surface area (Å²) in [5.41, 5.74) is 2.36. The minimum Gasteiger partial charge on any atom is -0.497 e. The van der Waals surface area contributed by atoms with Crippen LogP contribution in [0.15, 0.2) is 60.8 Å². The van der Waals surface area contributed by atoms with Gasteiger partial charge in [-0.2, -0.15) is 0 Å². The van der Waals surface area contributed by atoms with Crippen molar-refractivity contribution in [2.75, 3.05) is 17.7 Å². The summed E-state index contributed by atoms with van der Waals surface area (Å²) < 4.78 is 5.08. The van der Waals surface area contributed by atoms with Crippen molar-refractivity contribution in [3.05, 3.63) is 77.6 Å². The average Bonchev–Trinajstić information content (AvgIpc) is 3.20. The molecule has 0 atom stereocenters. The topological polar surface area (TPSA) is 100 Å². The number of rotatable bonds is 6. The highest BCUT2D eigenvalue weighted by Crippen LogP contribution is 2.17. The standard InChI is InChI=1S/C21H19N3O4/c1-13(25)15-11-19(22-12-15)21(27)24-16-5-3-14(4-6-16)20(26)23-17-7-9-18(28-2)10-8-17/h3-12,22H,1-2H3,(H,23,26)(H,24,27). The van der Waals surface area contributed by atoms with Gasteiger partial charge in [-0.15, -0.1) is 0 Å². The number of aromatic amines is 1. The van der Waals surface area contributed by atoms with Crippen molar-refractivity contribution in [2.24, 2.45) is 0 Å². The third-order valence-corrected chi connectivity index (χ3v) is 4.09. The molecule has 2 aromatic carbocycles. The number of aromatic nitrogens is 1. The SMILES string of the molecule is COc1ccc(NC(=O)c2ccc(NC(=O)c3cc(C(C)=O)c[nH]3)cc2)cc1. The van der Waals surface area contributed by atoms with E-state index in [0.29, 0.717) is 28.3 Å². The molecule has 0 saturated heterocycles. The molecule has 0 aliphatic carbocycles. The minimum absolute atomic E-state index is 0.123. The second kappa shape index (κ2) is 8.22. The normalized spacial score (nSPS) is 10.2. The number of Topliss-reactive ketones (excluding diaryl/α,β-unsaturated/α-hetero) is 1. The number of methoxy groups -OCH3 is 1. The smallest absolute Gasteiger partial charge is 0.272 e. The Morgan fingerprint density at radius 1 is 0.821 bits per heavy atom. The van der Waals surface area contributed by atoms with Crippen molar-refractivity contribution in [1.82, 2.24) is 4.98 Å². The van der Waals surface area contributed by atoms with Crippen LogP contribution in [0.3, 0.4) is 0 Å². The first-order chi connectivity index (χ1) is 13.5. The zero-order chi connectivity index (χ0) is 20.1. The molecular weight excluding hydrogens is 358 g/mol. The molecule has 0 fully saturated rings. The number of ether oxygens (including phenoxy) is 1. The Bertz CT molecular complexity index is 1000. The zero-order valence-electron chi connectivity index (χ0n) is 15.4. The van der Waals surface area contributed by atoms with Gasteiger partial charge in [-0.05, 0) is 61.5 Å². The van der Waals surface area contributed by atoms with Gasteiger partial charge in [0.05, 0.1) is 7.11 Å². The molecule has 0 aliphatic heterocycles. The van der Waals surface area contributed by atoms with Crippen molar-refractivity contribution >= 4 is 29.0 Å². The number of carbonyl (C=O) groups is 3. The first-order valence-corrected chi connectivity index (χ1v) is 8.52. The Balaban J connectivity index is 1.62. The van der Waals surface area contributed by atoms with Crippen LogP contribution < -0.4 is 15.4 Å². The Kier molecular flexibility index (Phi) is 5.55. The van der Waals surface area contributed by atoms with Crippen LogP contribution in [0.25, 0.3) is 0 Å². The molecule has 142 valence electrons. The summed E-state index contributed by atoms with van der Waals surface area (Å²) in [7, 11) is 1.58. The van der Waals surface area contributed by atoms with Crippen LogP contribution in [0.4, 0.5) is 11.4 Å². The van der Waals surface area contributed by atoms with Gasteiger partial charge in [0, 0.05) is 28.7 Å². The van der Waals surface area contributed by atoms with Crippen LogP contribution in [0.1, 0.15) is 38.1 Å². The molecule has 0 aliphatic rings. The van der Waals surface area contributed by atoms with Crippen LogP contribution in [-0.4, -0.2) is 29.7 Å². The summed E-state index contributed by atoms with van der Waals surface area (Å²) in [6.07, 6.45) is 1.49. The first kappa shape index (κ1) is 18.9. The molecule has 1 heterocycles. The molecule has 0 bridgehead atoms. The third kappa shape index (κ3) is 4.45. The second-order valence-corrected chi connectivity index (χ2v) is 6.07. The van der Waals surface area contributed by atoms with Gasteiger partial charge in [-0.3, -0.25) is 14.4 Å². The molecular formula is C21H19N3O4. The molecule has 7 nitrogen and oxygen atoms in total. The van der Waals surface area contributed by atoms with Gasteiger partial charge in [0.2, 0.25) is 0 Å². The Morgan fingerprint density at radius 2 is 1.39 bits per heavy atom. The molecule has 0 saturated carbocycles. The molecule has 0 unspecified atom stereocenters. The van der Waals surface area contributed by atoms with E-state index in [1.807, 2.05) is 0 Å². The van der Waals surface area contributed by atoms with Crippen LogP contribution in [0.2, 0.25) is 0 Å². The van der Waals surface area contributed by atoms with Gasteiger partial charge >= 0.3 is 0 Å². The van der Waals surface area contributed by atoms with Crippen LogP contribution in [-0.2, 0) is 0 Å². The molecule has 28 heavy (non-hydrogen) atoms. The molecule has 2 amide bonds. The van der Waals surface area contributed by atoms with Crippen molar-refractivity contribution in [3.63, 3.8) is 0 Å². The molecule has 3 aromatic rings. The van der Waals surface area contributed by atoms with E-state index in [0.717, 1.165) is 0 Å². The fraction of sp³-hybridized carbons (Fsp3) is 0.0952. The maximum atomic E-state index is 12.3. The highest BCUT2D eigenvalue weighted by Gasteiger charge is 2.12. The maximum absolute atomic E-state index is 12.3. The van der Waals surface area contributed by atoms with Gasteiger partial charge in [0.15, 0.2) is 5.78 Å². The van der Waals surface area contributed by atoms with E-state index < -0.39 is 0 Å². The first-order valence-electron chi connectivity index (χ1n) is 8.52. The van der Waals surface area contributed by atoms with E-state index in [9.17, 15) is 14.4 Å². The van der Waals surface area contributed by atoms with E-state index in [1.54, 1.807) is 55.6 Å². The van der Waals surface area contributed by atoms with Crippen molar-refractivity contribution < 1.29 is 19.1 Å². The number of amides is 2. The van der Waals surface area contributed by atoms with E-state index >= 15 is 0 Å². The Hall–Kier alpha value is -3.87. The fourth-order valence-electron chi connectivity index (χ4n) is 2.51. The number of nitrogens with one attached hydrogen (secondary N) is 3. The molecule has 7 heteroatoms. The van der Waals surface area contributed by atoms with Crippen molar-refractivity contribution in [2.45, 2.75) is 6.92 Å². The van der Waals surface area contributed by atoms with Crippen LogP contribution in [0.5, 0.6) is 5.75 Å². The third-order valence-electron chi connectivity index (χ3n) is 4.09. The molecule has 3 N–H and O–H groups in total. The summed E-state index contributed by atoms with van der Waals surface area (Å²) in [4.78, 5) is 38.6. The predicted molar refractivity (Wildman–Crippen MR) is 106 cm³/mol. The number of ketones is 1. The highest BCUT2D eigenvalue weighted by molar-refractivity contribution is 6.06. The van der Waals surface area contributed by atoms with E-state index in [1.165, 1.54) is 19.2 Å². The van der Waals surface area contributed by atoms with E-state index in [-0.39, 0.29) is 23.3 Å². The summed E-state index contributed by atoms with van der Waals surface area (Å²) >= 11 is 0. The van der Waals surface area contributed by atoms with Crippen LogP contribution >= 0.6 is 0 Å². The van der Waals surface area contributed by atoms with Crippen LogP contribution in [0, 0.1) is 0 Å². The van der Waals surface area contributed by atoms with Crippen molar-refractivity contribution in [1.29, 1.82) is 0 Å². The summed E-state index contributed by atoms with van der Waals surface area (Å²) in [5, 5.41) is 5.50. The lowest BCUT2D eigenvalue weighted by Gasteiger charge is -2.08. The van der Waals surface area contributed by atoms with E-state index in [4.69, 9.17) is 4.74 Å². The quantitative estimate of drug-likeness (QED) is 0.570. The molecule has 3 rings (SSSR count). The number of anilines is 2. The number of H-pyrrole nitrogens is 1. The number of benzene rings is 2. The lowest BCUT2D eigenvalue weighted by atomic mass is 10.2. The summed E-state index contributed by atoms with van der Waals surface area (Å²) in [5.74, 6) is -0.0560. The monoisotopic (exact) mass is 377 g/mol. The maximum Gasteiger partial charge on any atom is 0.272 e. The summed E-state index contributed by atoms with van der Waals surface area (Å²) in [6, 6.07) is 15.0. The predicted octanol–water partition coefficient (Wildman–Crippen LogP) is 3.73. The zero-order valence-corrected chi connectivity index (χ0v) is 15.4. The lowest BCUT2D eigenvalue weighted by Crippen LogP contribution is -2.14.